The summed E-state index contributed by atoms with van der Waals surface area (Å²) in [5.41, 5.74) is 2.57. The number of nitrogens with one attached hydrogen (secondary N) is 2. The van der Waals surface area contributed by atoms with Crippen LogP contribution in [0.4, 0.5) is 5.69 Å². The molecular weight excluding hydrogens is 372 g/mol. The zero-order valence-electron chi connectivity index (χ0n) is 15.1. The normalized spacial score (nSPS) is 11.2. The molecule has 0 fully saturated rings. The quantitative estimate of drug-likeness (QED) is 0.688. The second-order valence-corrected chi connectivity index (χ2v) is 8.24. The minimum atomic E-state index is -3.92. The van der Waals surface area contributed by atoms with Crippen LogP contribution in [0.15, 0.2) is 41.3 Å². The summed E-state index contributed by atoms with van der Waals surface area (Å²) in [6, 6.07) is 9.65. The topological polar surface area (TPSA) is 75.3 Å². The van der Waals surface area contributed by atoms with E-state index in [9.17, 15) is 13.2 Å². The van der Waals surface area contributed by atoms with Gasteiger partial charge in [0, 0.05) is 12.1 Å². The van der Waals surface area contributed by atoms with Gasteiger partial charge < -0.3 is 5.32 Å². The lowest BCUT2D eigenvalue weighted by Gasteiger charge is -2.13. The maximum Gasteiger partial charge on any atom is 0.263 e. The molecule has 2 aromatic rings. The minimum absolute atomic E-state index is 0.0624. The molecule has 0 aliphatic rings. The van der Waals surface area contributed by atoms with Gasteiger partial charge in [-0.3, -0.25) is 9.52 Å². The summed E-state index contributed by atoms with van der Waals surface area (Å²) in [5.74, 6) is -0.321. The summed E-state index contributed by atoms with van der Waals surface area (Å²) >= 11 is 6.09. The van der Waals surface area contributed by atoms with Crippen molar-refractivity contribution in [3.05, 3.63) is 58.1 Å². The Bertz CT molecular complexity index is 911. The molecule has 0 heterocycles. The molecule has 2 N–H and O–H groups in total. The number of rotatable bonds is 7. The third-order valence-electron chi connectivity index (χ3n) is 3.93. The number of hydrogen-bond acceptors (Lipinski definition) is 3. The van der Waals surface area contributed by atoms with Gasteiger partial charge in [-0.2, -0.15) is 0 Å². The van der Waals surface area contributed by atoms with E-state index in [4.69, 9.17) is 11.6 Å². The molecule has 2 aromatic carbocycles. The SMILES string of the molecule is CCCCNC(=O)c1ccc(Cl)c(S(=O)(=O)Nc2ccc(C)cc2C)c1. The molecule has 0 spiro atoms. The molecule has 26 heavy (non-hydrogen) atoms. The van der Waals surface area contributed by atoms with E-state index in [1.807, 2.05) is 32.9 Å². The fourth-order valence-corrected chi connectivity index (χ4v) is 4.12. The highest BCUT2D eigenvalue weighted by Gasteiger charge is 2.21. The number of anilines is 1. The van der Waals surface area contributed by atoms with Gasteiger partial charge in [-0.15, -0.1) is 0 Å². The molecule has 0 unspecified atom stereocenters. The first-order valence-corrected chi connectivity index (χ1v) is 10.3. The number of carbonyl (C=O) groups is 1. The van der Waals surface area contributed by atoms with Crippen molar-refractivity contribution in [2.45, 2.75) is 38.5 Å². The van der Waals surface area contributed by atoms with Crippen LogP contribution in [0, 0.1) is 13.8 Å². The summed E-state index contributed by atoms with van der Waals surface area (Å²) < 4.78 is 28.1. The number of unbranched alkanes of at least 4 members (excludes halogenated alkanes) is 1. The standard InChI is InChI=1S/C19H23ClN2O3S/c1-4-5-10-21-19(23)15-7-8-16(20)18(12-15)26(24,25)22-17-9-6-13(2)11-14(17)3/h6-9,11-12,22H,4-5,10H2,1-3H3,(H,21,23). The highest BCUT2D eigenvalue weighted by molar-refractivity contribution is 7.92. The number of carbonyl (C=O) groups excluding carboxylic acids is 1. The predicted octanol–water partition coefficient (Wildman–Crippen LogP) is 4.29. The zero-order chi connectivity index (χ0) is 19.3. The predicted molar refractivity (Wildman–Crippen MR) is 105 cm³/mol. The first kappa shape index (κ1) is 20.3. The van der Waals surface area contributed by atoms with Crippen LogP contribution in [0.3, 0.4) is 0 Å². The summed E-state index contributed by atoms with van der Waals surface area (Å²) in [5, 5.41) is 2.83. The summed E-state index contributed by atoms with van der Waals surface area (Å²) in [4.78, 5) is 12.1. The van der Waals surface area contributed by atoms with Crippen LogP contribution >= 0.6 is 11.6 Å². The lowest BCUT2D eigenvalue weighted by Crippen LogP contribution is -2.25. The number of benzene rings is 2. The Balaban J connectivity index is 2.30. The smallest absolute Gasteiger partial charge is 0.263 e. The number of hydrogen-bond donors (Lipinski definition) is 2. The molecule has 0 aliphatic heterocycles. The number of aryl methyl sites for hydroxylation is 2. The van der Waals surface area contributed by atoms with E-state index in [-0.39, 0.29) is 21.4 Å². The Labute approximate surface area is 159 Å². The lowest BCUT2D eigenvalue weighted by molar-refractivity contribution is 0.0953. The minimum Gasteiger partial charge on any atom is -0.352 e. The van der Waals surface area contributed by atoms with Gasteiger partial charge in [-0.1, -0.05) is 42.6 Å². The van der Waals surface area contributed by atoms with E-state index in [0.29, 0.717) is 12.2 Å². The van der Waals surface area contributed by atoms with E-state index < -0.39 is 10.0 Å². The maximum absolute atomic E-state index is 12.8. The Morgan fingerprint density at radius 3 is 2.50 bits per heavy atom. The van der Waals surface area contributed by atoms with Crippen molar-refractivity contribution in [3.63, 3.8) is 0 Å². The van der Waals surface area contributed by atoms with Gasteiger partial charge in [0.2, 0.25) is 0 Å². The highest BCUT2D eigenvalue weighted by Crippen LogP contribution is 2.26. The fraction of sp³-hybridized carbons (Fsp3) is 0.316. The second kappa shape index (κ2) is 8.56. The van der Waals surface area contributed by atoms with Gasteiger partial charge in [0.25, 0.3) is 15.9 Å². The average molecular weight is 395 g/mol. The van der Waals surface area contributed by atoms with Crippen molar-refractivity contribution in [1.29, 1.82) is 0 Å². The van der Waals surface area contributed by atoms with Crippen LogP contribution < -0.4 is 10.0 Å². The molecule has 0 saturated heterocycles. The molecule has 0 bridgehead atoms. The van der Waals surface area contributed by atoms with Crippen molar-refractivity contribution >= 4 is 33.2 Å². The van der Waals surface area contributed by atoms with Gasteiger partial charge in [0.15, 0.2) is 0 Å². The van der Waals surface area contributed by atoms with Gasteiger partial charge in [-0.25, -0.2) is 8.42 Å². The van der Waals surface area contributed by atoms with Gasteiger partial charge >= 0.3 is 0 Å². The molecule has 0 aliphatic carbocycles. The Morgan fingerprint density at radius 1 is 1.12 bits per heavy atom. The molecule has 0 radical (unpaired) electrons. The molecule has 0 aromatic heterocycles. The molecule has 7 heteroatoms. The summed E-state index contributed by atoms with van der Waals surface area (Å²) in [7, 11) is -3.92. The Kier molecular flexibility index (Phi) is 6.67. The molecule has 5 nitrogen and oxygen atoms in total. The van der Waals surface area contributed by atoms with Crippen molar-refractivity contribution in [1.82, 2.24) is 5.32 Å². The summed E-state index contributed by atoms with van der Waals surface area (Å²) in [6.45, 7) is 6.32. The van der Waals surface area contributed by atoms with Gasteiger partial charge in [0.1, 0.15) is 4.90 Å². The molecule has 140 valence electrons. The van der Waals surface area contributed by atoms with Gasteiger partial charge in [0.05, 0.1) is 10.7 Å². The first-order chi connectivity index (χ1) is 12.2. The largest absolute Gasteiger partial charge is 0.352 e. The fourth-order valence-electron chi connectivity index (χ4n) is 2.46. The lowest BCUT2D eigenvalue weighted by atomic mass is 10.1. The highest BCUT2D eigenvalue weighted by atomic mass is 35.5. The third kappa shape index (κ3) is 4.99. The monoisotopic (exact) mass is 394 g/mol. The molecule has 0 saturated carbocycles. The van der Waals surface area contributed by atoms with Gasteiger partial charge in [-0.05, 0) is 50.1 Å². The zero-order valence-corrected chi connectivity index (χ0v) is 16.7. The van der Waals surface area contributed by atoms with Crippen LogP contribution in [-0.4, -0.2) is 20.9 Å². The number of sulfonamides is 1. The second-order valence-electron chi connectivity index (χ2n) is 6.18. The van der Waals surface area contributed by atoms with Crippen molar-refractivity contribution < 1.29 is 13.2 Å². The van der Waals surface area contributed by atoms with E-state index in [1.54, 1.807) is 6.07 Å². The van der Waals surface area contributed by atoms with E-state index >= 15 is 0 Å². The first-order valence-electron chi connectivity index (χ1n) is 8.42. The van der Waals surface area contributed by atoms with Crippen LogP contribution in [0.1, 0.15) is 41.3 Å². The van der Waals surface area contributed by atoms with E-state index in [0.717, 1.165) is 24.0 Å². The third-order valence-corrected chi connectivity index (χ3v) is 5.77. The average Bonchev–Trinajstić information content (AvgIpc) is 2.57. The van der Waals surface area contributed by atoms with E-state index in [2.05, 4.69) is 10.0 Å². The summed E-state index contributed by atoms with van der Waals surface area (Å²) in [6.07, 6.45) is 1.82. The van der Waals surface area contributed by atoms with Crippen molar-refractivity contribution in [3.8, 4) is 0 Å². The Hall–Kier alpha value is -2.05. The molecule has 2 rings (SSSR count). The molecular formula is C19H23ClN2O3S. The number of amides is 1. The van der Waals surface area contributed by atoms with Crippen molar-refractivity contribution in [2.75, 3.05) is 11.3 Å². The van der Waals surface area contributed by atoms with Crippen molar-refractivity contribution in [2.24, 2.45) is 0 Å². The maximum atomic E-state index is 12.8. The van der Waals surface area contributed by atoms with E-state index in [1.165, 1.54) is 18.2 Å². The van der Waals surface area contributed by atoms with Crippen LogP contribution in [0.2, 0.25) is 5.02 Å². The number of halogens is 1. The van der Waals surface area contributed by atoms with Crippen LogP contribution in [0.5, 0.6) is 0 Å². The molecule has 0 atom stereocenters. The van der Waals surface area contributed by atoms with Crippen LogP contribution in [-0.2, 0) is 10.0 Å². The Morgan fingerprint density at radius 2 is 1.85 bits per heavy atom. The van der Waals surface area contributed by atoms with Crippen LogP contribution in [0.25, 0.3) is 0 Å². The molecule has 1 amide bonds.